The molecule has 1 saturated heterocycles. The Kier molecular flexibility index (Phi) is 5.62. The average molecular weight is 454 g/mol. The predicted molar refractivity (Wildman–Crippen MR) is 137 cm³/mol. The fourth-order valence-electron chi connectivity index (χ4n) is 6.76. The number of aromatic nitrogens is 2. The maximum absolute atomic E-state index is 6.31. The maximum Gasteiger partial charge on any atom is 0.140 e. The molecule has 3 aromatic rings. The van der Waals surface area contributed by atoms with Crippen LogP contribution in [0.15, 0.2) is 54.9 Å². The van der Waals surface area contributed by atoms with Gasteiger partial charge in [-0.15, -0.1) is 0 Å². The zero-order chi connectivity index (χ0) is 23.1. The van der Waals surface area contributed by atoms with Crippen molar-refractivity contribution in [3.63, 3.8) is 0 Å². The average Bonchev–Trinajstić information content (AvgIpc) is 3.46. The Bertz CT molecular complexity index is 1170. The molecule has 1 fully saturated rings. The topological polar surface area (TPSA) is 58.3 Å². The molecule has 2 aliphatic heterocycles. The van der Waals surface area contributed by atoms with Crippen molar-refractivity contribution >= 4 is 11.5 Å². The molecule has 2 aromatic carbocycles. The van der Waals surface area contributed by atoms with E-state index in [-0.39, 0.29) is 5.41 Å². The fraction of sp³-hybridized carbons (Fsp3) is 0.448. The van der Waals surface area contributed by atoms with Gasteiger partial charge in [-0.05, 0) is 73.9 Å². The summed E-state index contributed by atoms with van der Waals surface area (Å²) in [5.41, 5.74) is 14.6. The van der Waals surface area contributed by atoms with Crippen molar-refractivity contribution in [2.45, 2.75) is 63.5 Å². The molecule has 5 heteroatoms. The molecule has 1 unspecified atom stereocenters. The zero-order valence-corrected chi connectivity index (χ0v) is 20.2. The lowest BCUT2D eigenvalue weighted by molar-refractivity contribution is 0.160. The van der Waals surface area contributed by atoms with E-state index in [2.05, 4.69) is 70.2 Å². The molecule has 6 rings (SSSR count). The predicted octanol–water partition coefficient (Wildman–Crippen LogP) is 5.06. The molecule has 0 amide bonds. The van der Waals surface area contributed by atoms with Gasteiger partial charge in [0.15, 0.2) is 0 Å². The van der Waals surface area contributed by atoms with E-state index in [0.717, 1.165) is 57.7 Å². The first-order valence-corrected chi connectivity index (χ1v) is 12.9. The van der Waals surface area contributed by atoms with Crippen LogP contribution in [-0.4, -0.2) is 34.5 Å². The van der Waals surface area contributed by atoms with Crippen molar-refractivity contribution in [3.05, 3.63) is 82.8 Å². The third-order valence-corrected chi connectivity index (χ3v) is 8.52. The minimum atomic E-state index is 0.136. The largest absolute Gasteiger partial charge is 0.326 e. The van der Waals surface area contributed by atoms with Crippen molar-refractivity contribution in [1.29, 1.82) is 0 Å². The lowest BCUT2D eigenvalue weighted by Gasteiger charge is -2.40. The molecular weight excluding hydrogens is 418 g/mol. The van der Waals surface area contributed by atoms with Crippen molar-refractivity contribution in [1.82, 2.24) is 14.9 Å². The van der Waals surface area contributed by atoms with E-state index in [0.29, 0.717) is 12.5 Å². The molecule has 0 bridgehead atoms. The first kappa shape index (κ1) is 21.8. The molecule has 1 aromatic heterocycles. The highest BCUT2D eigenvalue weighted by Gasteiger charge is 2.47. The Morgan fingerprint density at radius 1 is 1.03 bits per heavy atom. The van der Waals surface area contributed by atoms with Gasteiger partial charge in [-0.3, -0.25) is 4.90 Å². The summed E-state index contributed by atoms with van der Waals surface area (Å²) in [6, 6.07) is 17.6. The van der Waals surface area contributed by atoms with Crippen LogP contribution < -0.4 is 10.6 Å². The fourth-order valence-corrected chi connectivity index (χ4v) is 6.76. The number of piperidine rings is 1. The molecule has 2 N–H and O–H groups in total. The molecule has 3 aliphatic rings. The number of hydrogen-bond acceptors (Lipinski definition) is 5. The van der Waals surface area contributed by atoms with Crippen LogP contribution in [-0.2, 0) is 24.9 Å². The van der Waals surface area contributed by atoms with Gasteiger partial charge in [0.2, 0.25) is 0 Å². The number of hydrogen-bond donors (Lipinski definition) is 1. The summed E-state index contributed by atoms with van der Waals surface area (Å²) in [7, 11) is 0. The van der Waals surface area contributed by atoms with Gasteiger partial charge in [0.1, 0.15) is 12.1 Å². The van der Waals surface area contributed by atoms with Crippen LogP contribution in [0.3, 0.4) is 0 Å². The number of nitrogens with zero attached hydrogens (tertiary/aromatic N) is 4. The first-order chi connectivity index (χ1) is 16.7. The number of fused-ring (bicyclic) bond motifs is 3. The minimum Gasteiger partial charge on any atom is -0.326 e. The minimum absolute atomic E-state index is 0.136. The Hall–Kier alpha value is -2.76. The Morgan fingerprint density at radius 3 is 2.62 bits per heavy atom. The van der Waals surface area contributed by atoms with E-state index in [1.165, 1.54) is 40.1 Å². The second kappa shape index (κ2) is 8.79. The van der Waals surface area contributed by atoms with E-state index in [4.69, 9.17) is 10.7 Å². The third kappa shape index (κ3) is 3.53. The third-order valence-electron chi connectivity index (χ3n) is 8.52. The molecule has 34 heavy (non-hydrogen) atoms. The zero-order valence-electron chi connectivity index (χ0n) is 20.2. The van der Waals surface area contributed by atoms with Crippen molar-refractivity contribution in [3.8, 4) is 0 Å². The highest BCUT2D eigenvalue weighted by molar-refractivity contribution is 5.75. The molecule has 3 heterocycles. The van der Waals surface area contributed by atoms with Gasteiger partial charge in [-0.2, -0.15) is 0 Å². The van der Waals surface area contributed by atoms with Gasteiger partial charge in [-0.25, -0.2) is 9.97 Å². The van der Waals surface area contributed by atoms with Gasteiger partial charge >= 0.3 is 0 Å². The van der Waals surface area contributed by atoms with Crippen molar-refractivity contribution in [2.24, 2.45) is 5.73 Å². The number of nitrogens with two attached hydrogens (primary N) is 1. The quantitative estimate of drug-likeness (QED) is 0.585. The smallest absolute Gasteiger partial charge is 0.140 e. The van der Waals surface area contributed by atoms with Gasteiger partial charge < -0.3 is 10.6 Å². The number of rotatable bonds is 5. The Balaban J connectivity index is 1.35. The molecular formula is C29H35N5. The van der Waals surface area contributed by atoms with Crippen molar-refractivity contribution in [2.75, 3.05) is 24.5 Å². The summed E-state index contributed by atoms with van der Waals surface area (Å²) in [5, 5.41) is 0. The van der Waals surface area contributed by atoms with Gasteiger partial charge in [0.05, 0.1) is 0 Å². The molecule has 0 saturated carbocycles. The highest BCUT2D eigenvalue weighted by Crippen LogP contribution is 2.52. The molecule has 1 atom stereocenters. The monoisotopic (exact) mass is 453 g/mol. The summed E-state index contributed by atoms with van der Waals surface area (Å²) in [6.07, 6.45) is 7.52. The lowest BCUT2D eigenvalue weighted by atomic mass is 9.72. The van der Waals surface area contributed by atoms with E-state index in [1.54, 1.807) is 6.33 Å². The molecule has 5 nitrogen and oxygen atoms in total. The Morgan fingerprint density at radius 2 is 1.85 bits per heavy atom. The van der Waals surface area contributed by atoms with Crippen LogP contribution in [0.25, 0.3) is 0 Å². The highest BCUT2D eigenvalue weighted by atomic mass is 15.2. The van der Waals surface area contributed by atoms with Gasteiger partial charge in [0.25, 0.3) is 0 Å². The maximum atomic E-state index is 6.31. The normalized spacial score (nSPS) is 21.1. The number of anilines is 2. The molecule has 176 valence electrons. The summed E-state index contributed by atoms with van der Waals surface area (Å²) in [6.45, 7) is 7.14. The van der Waals surface area contributed by atoms with Crippen LogP contribution in [0.1, 0.15) is 66.5 Å². The molecule has 0 radical (unpaired) electrons. The van der Waals surface area contributed by atoms with Crippen LogP contribution in [0.4, 0.5) is 11.5 Å². The number of benzene rings is 2. The SMILES string of the molecule is CCC1CCc2ncnc(N3CC4(CCN(Cc5ccccc5)CC4)c4c(CN)cccc43)c21. The van der Waals surface area contributed by atoms with E-state index in [9.17, 15) is 0 Å². The molecule has 1 aliphatic carbocycles. The Labute approximate surface area is 203 Å². The van der Waals surface area contributed by atoms with Crippen LogP contribution >= 0.6 is 0 Å². The van der Waals surface area contributed by atoms with E-state index < -0.39 is 0 Å². The standard InChI is InChI=1S/C29H35N5/c1-2-22-11-12-24-26(22)28(32-20-31-24)34-19-29(27-23(17-30)9-6-10-25(27)34)13-15-33(16-14-29)18-21-7-4-3-5-8-21/h3-10,20,22H,2,11-19,30H2,1H3. The molecule has 1 spiro atoms. The summed E-state index contributed by atoms with van der Waals surface area (Å²) >= 11 is 0. The number of likely N-dealkylation sites (tertiary alicyclic amines) is 1. The lowest BCUT2D eigenvalue weighted by Crippen LogP contribution is -2.44. The van der Waals surface area contributed by atoms with Crippen LogP contribution in [0, 0.1) is 0 Å². The van der Waals surface area contributed by atoms with Crippen LogP contribution in [0.2, 0.25) is 0 Å². The first-order valence-electron chi connectivity index (χ1n) is 12.9. The van der Waals surface area contributed by atoms with E-state index in [1.807, 2.05) is 0 Å². The van der Waals surface area contributed by atoms with Gasteiger partial charge in [0, 0.05) is 42.0 Å². The van der Waals surface area contributed by atoms with Crippen LogP contribution in [0.5, 0.6) is 0 Å². The second-order valence-corrected chi connectivity index (χ2v) is 10.3. The van der Waals surface area contributed by atoms with E-state index >= 15 is 0 Å². The number of aryl methyl sites for hydroxylation is 1. The van der Waals surface area contributed by atoms with Crippen molar-refractivity contribution < 1.29 is 0 Å². The second-order valence-electron chi connectivity index (χ2n) is 10.3. The van der Waals surface area contributed by atoms with Gasteiger partial charge in [-0.1, -0.05) is 49.4 Å². The summed E-state index contributed by atoms with van der Waals surface area (Å²) in [4.78, 5) is 14.7. The summed E-state index contributed by atoms with van der Waals surface area (Å²) < 4.78 is 0. The summed E-state index contributed by atoms with van der Waals surface area (Å²) in [5.74, 6) is 1.71.